The fraction of sp³-hybridized carbons (Fsp3) is 0.217. The Morgan fingerprint density at radius 3 is 2.56 bits per heavy atom. The third-order valence-corrected chi connectivity index (χ3v) is 5.03. The van der Waals surface area contributed by atoms with Gasteiger partial charge in [-0.3, -0.25) is 9.59 Å². The minimum Gasteiger partial charge on any atom is -0.449 e. The summed E-state index contributed by atoms with van der Waals surface area (Å²) in [6.07, 6.45) is 7.14. The van der Waals surface area contributed by atoms with Crippen molar-refractivity contribution in [2.45, 2.75) is 25.4 Å². The number of aromatic nitrogens is 1. The third kappa shape index (κ3) is 3.56. The molecule has 1 aromatic heterocycles. The van der Waals surface area contributed by atoms with Crippen molar-refractivity contribution in [3.05, 3.63) is 84.1 Å². The molecule has 2 atom stereocenters. The molecule has 4 nitrogen and oxygen atoms in total. The molecule has 0 saturated carbocycles. The minimum absolute atomic E-state index is 0.183. The highest BCUT2D eigenvalue weighted by atomic mass is 16.5. The fourth-order valence-corrected chi connectivity index (χ4v) is 3.54. The van der Waals surface area contributed by atoms with Gasteiger partial charge in [0.15, 0.2) is 6.10 Å². The van der Waals surface area contributed by atoms with Gasteiger partial charge in [-0.15, -0.1) is 0 Å². The number of ketones is 1. The van der Waals surface area contributed by atoms with Crippen LogP contribution in [0.25, 0.3) is 10.9 Å². The topological polar surface area (TPSA) is 59.2 Å². The Balaban J connectivity index is 1.66. The first-order valence-corrected chi connectivity index (χ1v) is 9.25. The van der Waals surface area contributed by atoms with Crippen LogP contribution in [0.4, 0.5) is 0 Å². The lowest BCUT2D eigenvalue weighted by Crippen LogP contribution is -2.25. The summed E-state index contributed by atoms with van der Waals surface area (Å²) in [6.45, 7) is 0. The molecule has 27 heavy (non-hydrogen) atoms. The van der Waals surface area contributed by atoms with E-state index in [9.17, 15) is 9.59 Å². The zero-order chi connectivity index (χ0) is 18.6. The zero-order valence-electron chi connectivity index (χ0n) is 14.9. The molecule has 136 valence electrons. The van der Waals surface area contributed by atoms with Gasteiger partial charge < -0.3 is 9.72 Å². The molecule has 4 rings (SSSR count). The molecular weight excluding hydrogens is 338 g/mol. The van der Waals surface area contributed by atoms with Gasteiger partial charge in [0.1, 0.15) is 0 Å². The third-order valence-electron chi connectivity index (χ3n) is 5.03. The Labute approximate surface area is 157 Å². The summed E-state index contributed by atoms with van der Waals surface area (Å²) in [5, 5.41) is 0.833. The molecule has 2 aromatic carbocycles. The highest BCUT2D eigenvalue weighted by Gasteiger charge is 2.30. The van der Waals surface area contributed by atoms with Crippen molar-refractivity contribution in [3.63, 3.8) is 0 Å². The summed E-state index contributed by atoms with van der Waals surface area (Å²) in [5.41, 5.74) is 2.11. The molecule has 0 unspecified atom stereocenters. The average molecular weight is 359 g/mol. The largest absolute Gasteiger partial charge is 0.449 e. The van der Waals surface area contributed by atoms with Gasteiger partial charge in [-0.25, -0.2) is 0 Å². The maximum absolute atomic E-state index is 13.3. The first-order valence-electron chi connectivity index (χ1n) is 9.25. The first-order chi connectivity index (χ1) is 13.2. The van der Waals surface area contributed by atoms with E-state index in [0.29, 0.717) is 17.5 Å². The molecule has 1 N–H and O–H groups in total. The van der Waals surface area contributed by atoms with Crippen LogP contribution < -0.4 is 0 Å². The first kappa shape index (κ1) is 17.3. The Bertz CT molecular complexity index is 987. The van der Waals surface area contributed by atoms with Gasteiger partial charge in [0.25, 0.3) is 0 Å². The van der Waals surface area contributed by atoms with E-state index < -0.39 is 6.10 Å². The fourth-order valence-electron chi connectivity index (χ4n) is 3.54. The molecular formula is C23H21NO3. The van der Waals surface area contributed by atoms with Crippen molar-refractivity contribution in [2.24, 2.45) is 5.92 Å². The second-order valence-electron chi connectivity index (χ2n) is 6.82. The van der Waals surface area contributed by atoms with Crippen molar-refractivity contribution in [1.29, 1.82) is 0 Å². The summed E-state index contributed by atoms with van der Waals surface area (Å²) in [4.78, 5) is 29.2. The number of para-hydroxylation sites is 1. The maximum atomic E-state index is 13.3. The average Bonchev–Trinajstić information content (AvgIpc) is 3.17. The SMILES string of the molecule is O=C(O[C@@H](C(=O)c1c[nH]c2ccccc12)c1ccccc1)[C@H]1CC=CCC1. The van der Waals surface area contributed by atoms with Crippen molar-refractivity contribution < 1.29 is 14.3 Å². The van der Waals surface area contributed by atoms with Gasteiger partial charge in [0.05, 0.1) is 5.92 Å². The molecule has 0 spiro atoms. The van der Waals surface area contributed by atoms with Gasteiger partial charge in [0, 0.05) is 28.2 Å². The van der Waals surface area contributed by atoms with Crippen molar-refractivity contribution in [3.8, 4) is 0 Å². The van der Waals surface area contributed by atoms with Crippen LogP contribution in [0.15, 0.2) is 72.9 Å². The zero-order valence-corrected chi connectivity index (χ0v) is 14.9. The van der Waals surface area contributed by atoms with E-state index in [4.69, 9.17) is 4.74 Å². The van der Waals surface area contributed by atoms with Crippen LogP contribution in [0.3, 0.4) is 0 Å². The summed E-state index contributed by atoms with van der Waals surface area (Å²) in [7, 11) is 0. The van der Waals surface area contributed by atoms with E-state index in [1.807, 2.05) is 60.7 Å². The van der Waals surface area contributed by atoms with Crippen LogP contribution in [0.5, 0.6) is 0 Å². The quantitative estimate of drug-likeness (QED) is 0.396. The number of H-pyrrole nitrogens is 1. The molecule has 0 radical (unpaired) electrons. The molecule has 1 aliphatic carbocycles. The summed E-state index contributed by atoms with van der Waals surface area (Å²) < 4.78 is 5.77. The predicted molar refractivity (Wildman–Crippen MR) is 104 cm³/mol. The van der Waals surface area contributed by atoms with Crippen LogP contribution >= 0.6 is 0 Å². The molecule has 1 heterocycles. The smallest absolute Gasteiger partial charge is 0.310 e. The number of fused-ring (bicyclic) bond motifs is 1. The number of benzene rings is 2. The number of aromatic amines is 1. The van der Waals surface area contributed by atoms with E-state index in [1.54, 1.807) is 6.20 Å². The number of hydrogen-bond donors (Lipinski definition) is 1. The van der Waals surface area contributed by atoms with E-state index in [1.165, 1.54) is 0 Å². The molecule has 0 saturated heterocycles. The van der Waals surface area contributed by atoms with Gasteiger partial charge in [-0.1, -0.05) is 60.7 Å². The molecule has 0 fully saturated rings. The molecule has 4 heteroatoms. The number of hydrogen-bond acceptors (Lipinski definition) is 3. The highest BCUT2D eigenvalue weighted by molar-refractivity contribution is 6.10. The number of carbonyl (C=O) groups excluding carboxylic acids is 2. The van der Waals surface area contributed by atoms with Crippen LogP contribution in [-0.2, 0) is 9.53 Å². The van der Waals surface area contributed by atoms with E-state index in [0.717, 1.165) is 23.7 Å². The normalized spacial score (nSPS) is 17.6. The van der Waals surface area contributed by atoms with Gasteiger partial charge >= 0.3 is 5.97 Å². The number of rotatable bonds is 5. The Morgan fingerprint density at radius 1 is 1.00 bits per heavy atom. The van der Waals surface area contributed by atoms with E-state index in [-0.39, 0.29) is 17.7 Å². The predicted octanol–water partition coefficient (Wildman–Crippen LogP) is 4.99. The molecule has 0 bridgehead atoms. The Kier molecular flexibility index (Phi) is 4.88. The van der Waals surface area contributed by atoms with Gasteiger partial charge in [-0.05, 0) is 25.3 Å². The standard InChI is InChI=1S/C23H21NO3/c25-21(19-15-24-20-14-8-7-13-18(19)20)22(16-9-3-1-4-10-16)27-23(26)17-11-5-2-6-12-17/h1-5,7-10,13-15,17,22,24H,6,11-12H2/t17-,22+/m0/s1. The van der Waals surface area contributed by atoms with Gasteiger partial charge in [0.2, 0.25) is 5.78 Å². The molecule has 0 aliphatic heterocycles. The highest BCUT2D eigenvalue weighted by Crippen LogP contribution is 2.29. The Hall–Kier alpha value is -3.14. The second kappa shape index (κ2) is 7.62. The van der Waals surface area contributed by atoms with Crippen molar-refractivity contribution in [2.75, 3.05) is 0 Å². The Morgan fingerprint density at radius 2 is 1.78 bits per heavy atom. The number of Topliss-reactive ketones (excluding diaryl/α,β-unsaturated/α-hetero) is 1. The van der Waals surface area contributed by atoms with Crippen LogP contribution in [-0.4, -0.2) is 16.7 Å². The van der Waals surface area contributed by atoms with Crippen molar-refractivity contribution in [1.82, 2.24) is 4.98 Å². The van der Waals surface area contributed by atoms with Gasteiger partial charge in [-0.2, -0.15) is 0 Å². The van der Waals surface area contributed by atoms with Crippen molar-refractivity contribution >= 4 is 22.7 Å². The molecule has 3 aromatic rings. The molecule has 0 amide bonds. The number of esters is 1. The lowest BCUT2D eigenvalue weighted by Gasteiger charge is -2.22. The number of nitrogens with one attached hydrogen (secondary N) is 1. The number of carbonyl (C=O) groups is 2. The van der Waals surface area contributed by atoms with Crippen LogP contribution in [0, 0.1) is 5.92 Å². The monoisotopic (exact) mass is 359 g/mol. The number of allylic oxidation sites excluding steroid dienone is 2. The lowest BCUT2D eigenvalue weighted by molar-refractivity contribution is -0.152. The van der Waals surface area contributed by atoms with E-state index >= 15 is 0 Å². The summed E-state index contributed by atoms with van der Waals surface area (Å²) in [6, 6.07) is 16.9. The molecule has 1 aliphatic rings. The summed E-state index contributed by atoms with van der Waals surface area (Å²) >= 11 is 0. The minimum atomic E-state index is -0.941. The summed E-state index contributed by atoms with van der Waals surface area (Å²) in [5.74, 6) is -0.697. The number of ether oxygens (including phenoxy) is 1. The lowest BCUT2D eigenvalue weighted by atomic mass is 9.94. The van der Waals surface area contributed by atoms with E-state index in [2.05, 4.69) is 11.1 Å². The van der Waals surface area contributed by atoms with Crippen LogP contribution in [0.1, 0.15) is 41.3 Å². The van der Waals surface area contributed by atoms with Crippen LogP contribution in [0.2, 0.25) is 0 Å². The maximum Gasteiger partial charge on any atom is 0.310 e. The second-order valence-corrected chi connectivity index (χ2v) is 6.82.